The number of carbonyl (C=O) groups is 1. The molecule has 0 unspecified atom stereocenters. The normalized spacial score (nSPS) is 14.8. The molecule has 2 aromatic carbocycles. The van der Waals surface area contributed by atoms with Crippen molar-refractivity contribution >= 4 is 11.5 Å². The maximum Gasteiger partial charge on any atom is 0.195 e. The summed E-state index contributed by atoms with van der Waals surface area (Å²) in [5.41, 5.74) is 7.60. The van der Waals surface area contributed by atoms with Gasteiger partial charge in [-0.1, -0.05) is 36.8 Å². The van der Waals surface area contributed by atoms with Crippen molar-refractivity contribution in [3.8, 4) is 0 Å². The smallest absolute Gasteiger partial charge is 0.195 e. The fraction of sp³-hybridized carbons (Fsp3) is 0.235. The third-order valence-electron chi connectivity index (χ3n) is 4.05. The Kier molecular flexibility index (Phi) is 3.26. The average Bonchev–Trinajstić information content (AvgIpc) is 2.40. The van der Waals surface area contributed by atoms with Crippen LogP contribution in [0, 0.1) is 5.82 Å². The molecule has 3 rings (SSSR count). The summed E-state index contributed by atoms with van der Waals surface area (Å²) in [6, 6.07) is 11.9. The van der Waals surface area contributed by atoms with Crippen molar-refractivity contribution in [1.29, 1.82) is 0 Å². The lowest BCUT2D eigenvalue weighted by Crippen LogP contribution is -2.10. The van der Waals surface area contributed by atoms with Gasteiger partial charge in [0.2, 0.25) is 0 Å². The lowest BCUT2D eigenvalue weighted by atomic mass is 9.80. The van der Waals surface area contributed by atoms with Crippen molar-refractivity contribution in [2.75, 3.05) is 5.73 Å². The van der Waals surface area contributed by atoms with Gasteiger partial charge in [0.25, 0.3) is 0 Å². The molecule has 1 aliphatic carbocycles. The van der Waals surface area contributed by atoms with Gasteiger partial charge in [-0.2, -0.15) is 0 Å². The van der Waals surface area contributed by atoms with Gasteiger partial charge >= 0.3 is 0 Å². The quantitative estimate of drug-likeness (QED) is 0.678. The fourth-order valence-electron chi connectivity index (χ4n) is 2.54. The van der Waals surface area contributed by atoms with Gasteiger partial charge in [-0.05, 0) is 36.5 Å². The molecule has 1 aliphatic rings. The van der Waals surface area contributed by atoms with Crippen molar-refractivity contribution < 1.29 is 9.18 Å². The molecule has 3 heteroatoms. The van der Waals surface area contributed by atoms with Crippen LogP contribution in [0.3, 0.4) is 0 Å². The molecule has 0 saturated heterocycles. The summed E-state index contributed by atoms with van der Waals surface area (Å²) < 4.78 is 13.4. The second-order valence-corrected chi connectivity index (χ2v) is 5.28. The lowest BCUT2D eigenvalue weighted by Gasteiger charge is -2.25. The average molecular weight is 269 g/mol. The number of para-hydroxylation sites is 1. The summed E-state index contributed by atoms with van der Waals surface area (Å²) >= 11 is 0. The highest BCUT2D eigenvalue weighted by molar-refractivity contribution is 6.12. The predicted molar refractivity (Wildman–Crippen MR) is 77.3 cm³/mol. The highest BCUT2D eigenvalue weighted by Crippen LogP contribution is 2.36. The molecule has 0 aliphatic heterocycles. The van der Waals surface area contributed by atoms with Crippen LogP contribution >= 0.6 is 0 Å². The first-order valence-electron chi connectivity index (χ1n) is 6.85. The summed E-state index contributed by atoms with van der Waals surface area (Å²) in [5.74, 6) is -0.150. The number of hydrogen-bond donors (Lipinski definition) is 1. The first kappa shape index (κ1) is 12.9. The van der Waals surface area contributed by atoms with Gasteiger partial charge in [-0.3, -0.25) is 4.79 Å². The summed E-state index contributed by atoms with van der Waals surface area (Å²) in [6.45, 7) is 0. The number of benzene rings is 2. The van der Waals surface area contributed by atoms with Crippen molar-refractivity contribution in [3.63, 3.8) is 0 Å². The molecule has 1 fully saturated rings. The molecule has 0 radical (unpaired) electrons. The Balaban J connectivity index is 1.88. The van der Waals surface area contributed by atoms with E-state index in [0.29, 0.717) is 11.5 Å². The zero-order chi connectivity index (χ0) is 14.1. The molecule has 0 spiro atoms. The zero-order valence-corrected chi connectivity index (χ0v) is 11.1. The van der Waals surface area contributed by atoms with E-state index in [1.165, 1.54) is 37.0 Å². The minimum Gasteiger partial charge on any atom is -0.396 e. The van der Waals surface area contributed by atoms with E-state index in [-0.39, 0.29) is 17.0 Å². The monoisotopic (exact) mass is 269 g/mol. The lowest BCUT2D eigenvalue weighted by molar-refractivity contribution is 0.103. The first-order valence-corrected chi connectivity index (χ1v) is 6.85. The number of nitrogens with two attached hydrogens (primary N) is 1. The van der Waals surface area contributed by atoms with E-state index in [4.69, 9.17) is 5.73 Å². The van der Waals surface area contributed by atoms with Crippen LogP contribution < -0.4 is 5.73 Å². The van der Waals surface area contributed by atoms with Crippen LogP contribution in [0.2, 0.25) is 0 Å². The standard InChI is InChI=1S/C17H16FNO/c18-15-6-2-5-14(16(15)19)17(20)13-9-7-12(8-10-13)11-3-1-4-11/h2,5-11H,1,3-4,19H2. The molecular weight excluding hydrogens is 253 g/mol. The molecule has 2 nitrogen and oxygen atoms in total. The van der Waals surface area contributed by atoms with Crippen LogP contribution in [0.15, 0.2) is 42.5 Å². The molecule has 0 aromatic heterocycles. The van der Waals surface area contributed by atoms with Gasteiger partial charge in [0.1, 0.15) is 5.82 Å². The topological polar surface area (TPSA) is 43.1 Å². The summed E-state index contributed by atoms with van der Waals surface area (Å²) in [7, 11) is 0. The first-order chi connectivity index (χ1) is 9.66. The summed E-state index contributed by atoms with van der Waals surface area (Å²) in [6.07, 6.45) is 3.74. The molecular formula is C17H16FNO. The number of halogens is 1. The van der Waals surface area contributed by atoms with E-state index in [1.807, 2.05) is 12.1 Å². The minimum absolute atomic E-state index is 0.0828. The Bertz CT molecular complexity index is 645. The van der Waals surface area contributed by atoms with Gasteiger partial charge in [0, 0.05) is 11.1 Å². The van der Waals surface area contributed by atoms with Gasteiger partial charge in [0.05, 0.1) is 5.69 Å². The van der Waals surface area contributed by atoms with Crippen LogP contribution in [0.4, 0.5) is 10.1 Å². The van der Waals surface area contributed by atoms with Crippen LogP contribution in [0.25, 0.3) is 0 Å². The number of hydrogen-bond acceptors (Lipinski definition) is 2. The SMILES string of the molecule is Nc1c(F)cccc1C(=O)c1ccc(C2CCC2)cc1. The largest absolute Gasteiger partial charge is 0.396 e. The van der Waals surface area contributed by atoms with E-state index >= 15 is 0 Å². The fourth-order valence-corrected chi connectivity index (χ4v) is 2.54. The highest BCUT2D eigenvalue weighted by Gasteiger charge is 2.20. The number of nitrogen functional groups attached to an aromatic ring is 1. The predicted octanol–water partition coefficient (Wildman–Crippen LogP) is 3.91. The van der Waals surface area contributed by atoms with Gasteiger partial charge in [-0.15, -0.1) is 0 Å². The molecule has 0 heterocycles. The van der Waals surface area contributed by atoms with Gasteiger partial charge < -0.3 is 5.73 Å². The number of rotatable bonds is 3. The van der Waals surface area contributed by atoms with Crippen LogP contribution in [-0.2, 0) is 0 Å². The van der Waals surface area contributed by atoms with Gasteiger partial charge in [0.15, 0.2) is 5.78 Å². The Hall–Kier alpha value is -2.16. The van der Waals surface area contributed by atoms with Crippen molar-refractivity contribution in [1.82, 2.24) is 0 Å². The molecule has 0 amide bonds. The van der Waals surface area contributed by atoms with Crippen LogP contribution in [-0.4, -0.2) is 5.78 Å². The van der Waals surface area contributed by atoms with Crippen LogP contribution in [0.1, 0.15) is 46.7 Å². The van der Waals surface area contributed by atoms with Gasteiger partial charge in [-0.25, -0.2) is 4.39 Å². The molecule has 0 atom stereocenters. The van der Waals surface area contributed by atoms with Crippen molar-refractivity contribution in [2.45, 2.75) is 25.2 Å². The van der Waals surface area contributed by atoms with E-state index in [2.05, 4.69) is 0 Å². The summed E-state index contributed by atoms with van der Waals surface area (Å²) in [4.78, 5) is 12.3. The Morgan fingerprint density at radius 3 is 2.40 bits per heavy atom. The molecule has 20 heavy (non-hydrogen) atoms. The molecule has 2 aromatic rings. The molecule has 102 valence electrons. The zero-order valence-electron chi connectivity index (χ0n) is 11.1. The number of carbonyl (C=O) groups excluding carboxylic acids is 1. The molecule has 2 N–H and O–H groups in total. The Morgan fingerprint density at radius 1 is 1.10 bits per heavy atom. The number of anilines is 1. The Labute approximate surface area is 117 Å². The van der Waals surface area contributed by atoms with E-state index in [9.17, 15) is 9.18 Å². The van der Waals surface area contributed by atoms with Crippen LogP contribution in [0.5, 0.6) is 0 Å². The minimum atomic E-state index is -0.554. The number of ketones is 1. The third-order valence-corrected chi connectivity index (χ3v) is 4.05. The van der Waals surface area contributed by atoms with E-state index in [1.54, 1.807) is 18.2 Å². The maximum absolute atomic E-state index is 13.4. The van der Waals surface area contributed by atoms with Crippen molar-refractivity contribution in [2.24, 2.45) is 0 Å². The van der Waals surface area contributed by atoms with E-state index < -0.39 is 5.82 Å². The second-order valence-electron chi connectivity index (χ2n) is 5.28. The second kappa shape index (κ2) is 5.08. The van der Waals surface area contributed by atoms with Crippen molar-refractivity contribution in [3.05, 3.63) is 65.0 Å². The molecule has 0 bridgehead atoms. The highest BCUT2D eigenvalue weighted by atomic mass is 19.1. The maximum atomic E-state index is 13.4. The molecule has 1 saturated carbocycles. The Morgan fingerprint density at radius 2 is 1.80 bits per heavy atom. The summed E-state index contributed by atoms with van der Waals surface area (Å²) in [5, 5.41) is 0. The third kappa shape index (κ3) is 2.20. The van der Waals surface area contributed by atoms with E-state index in [0.717, 1.165) is 0 Å².